The van der Waals surface area contributed by atoms with Gasteiger partial charge in [-0.1, -0.05) is 41.6 Å². The summed E-state index contributed by atoms with van der Waals surface area (Å²) in [5.74, 6) is -0.871. The molecule has 1 heterocycles. The first-order valence-corrected chi connectivity index (χ1v) is 9.19. The minimum atomic E-state index is -0.590. The van der Waals surface area contributed by atoms with E-state index in [0.29, 0.717) is 10.7 Å². The molecule has 0 aliphatic rings. The van der Waals surface area contributed by atoms with Crippen LogP contribution in [0.3, 0.4) is 0 Å². The van der Waals surface area contributed by atoms with Crippen LogP contribution in [0.5, 0.6) is 0 Å². The molecular weight excluding hydrogens is 378 g/mol. The van der Waals surface area contributed by atoms with E-state index in [1.165, 1.54) is 0 Å². The SMILES string of the molecule is CCOC(=O)c1c(SCC(=O)NCc2ccccc2Cl)nc(=O)[nH]c1C. The van der Waals surface area contributed by atoms with Crippen LogP contribution >= 0.6 is 23.4 Å². The van der Waals surface area contributed by atoms with Gasteiger partial charge >= 0.3 is 11.7 Å². The number of carbonyl (C=O) groups is 2. The van der Waals surface area contributed by atoms with E-state index < -0.39 is 11.7 Å². The zero-order valence-corrected chi connectivity index (χ0v) is 15.9. The van der Waals surface area contributed by atoms with Crippen LogP contribution in [0.25, 0.3) is 0 Å². The summed E-state index contributed by atoms with van der Waals surface area (Å²) in [6.07, 6.45) is 0. The Bertz CT molecular complexity index is 869. The molecule has 0 saturated carbocycles. The van der Waals surface area contributed by atoms with Crippen molar-refractivity contribution in [3.05, 3.63) is 56.6 Å². The Morgan fingerprint density at radius 1 is 1.35 bits per heavy atom. The maximum atomic E-state index is 12.1. The van der Waals surface area contributed by atoms with Gasteiger partial charge in [-0.15, -0.1) is 0 Å². The van der Waals surface area contributed by atoms with Crippen LogP contribution in [0.1, 0.15) is 28.5 Å². The predicted molar refractivity (Wildman–Crippen MR) is 99.6 cm³/mol. The molecule has 0 aliphatic carbocycles. The fourth-order valence-corrected chi connectivity index (χ4v) is 3.23. The molecule has 2 aromatic rings. The number of rotatable bonds is 7. The van der Waals surface area contributed by atoms with E-state index in [1.54, 1.807) is 26.0 Å². The predicted octanol–water partition coefficient (Wildman–Crippen LogP) is 2.32. The van der Waals surface area contributed by atoms with Crippen LogP contribution in [-0.2, 0) is 16.1 Å². The van der Waals surface area contributed by atoms with Gasteiger partial charge in [-0.05, 0) is 25.5 Å². The molecule has 9 heteroatoms. The number of benzene rings is 1. The maximum absolute atomic E-state index is 12.1. The highest BCUT2D eigenvalue weighted by atomic mass is 35.5. The van der Waals surface area contributed by atoms with Gasteiger partial charge in [0, 0.05) is 17.3 Å². The van der Waals surface area contributed by atoms with Crippen molar-refractivity contribution in [2.75, 3.05) is 12.4 Å². The molecule has 1 aromatic carbocycles. The molecular formula is C17H18ClN3O4S. The van der Waals surface area contributed by atoms with Gasteiger partial charge in [0.1, 0.15) is 10.6 Å². The third kappa shape index (κ3) is 5.34. The molecule has 7 nitrogen and oxygen atoms in total. The van der Waals surface area contributed by atoms with E-state index in [4.69, 9.17) is 16.3 Å². The topological polar surface area (TPSA) is 101 Å². The van der Waals surface area contributed by atoms with Crippen molar-refractivity contribution in [3.8, 4) is 0 Å². The molecule has 0 fully saturated rings. The molecule has 138 valence electrons. The minimum absolute atomic E-state index is 0.00719. The second-order valence-electron chi connectivity index (χ2n) is 5.22. The summed E-state index contributed by atoms with van der Waals surface area (Å²) < 4.78 is 4.99. The van der Waals surface area contributed by atoms with Gasteiger partial charge in [0.15, 0.2) is 0 Å². The fraction of sp³-hybridized carbons (Fsp3) is 0.294. The Kier molecular flexibility index (Phi) is 7.23. The molecule has 1 aromatic heterocycles. The number of nitrogens with one attached hydrogen (secondary N) is 2. The van der Waals surface area contributed by atoms with Crippen LogP contribution in [0.4, 0.5) is 0 Å². The molecule has 26 heavy (non-hydrogen) atoms. The van der Waals surface area contributed by atoms with E-state index in [0.717, 1.165) is 17.3 Å². The monoisotopic (exact) mass is 395 g/mol. The molecule has 1 amide bonds. The number of carbonyl (C=O) groups excluding carboxylic acids is 2. The zero-order valence-electron chi connectivity index (χ0n) is 14.3. The second kappa shape index (κ2) is 9.40. The highest BCUT2D eigenvalue weighted by molar-refractivity contribution is 8.00. The smallest absolute Gasteiger partial charge is 0.346 e. The Morgan fingerprint density at radius 3 is 2.77 bits per heavy atom. The number of aromatic nitrogens is 2. The van der Waals surface area contributed by atoms with Crippen LogP contribution in [0.15, 0.2) is 34.1 Å². The van der Waals surface area contributed by atoms with Crippen molar-refractivity contribution in [1.29, 1.82) is 0 Å². The number of nitrogens with zero attached hydrogens (tertiary/aromatic N) is 1. The van der Waals surface area contributed by atoms with Gasteiger partial charge in [0.25, 0.3) is 0 Å². The third-order valence-electron chi connectivity index (χ3n) is 3.34. The molecule has 0 atom stereocenters. The number of hydrogen-bond acceptors (Lipinski definition) is 6. The van der Waals surface area contributed by atoms with E-state index in [9.17, 15) is 14.4 Å². The molecule has 0 aliphatic heterocycles. The number of H-pyrrole nitrogens is 1. The molecule has 0 saturated heterocycles. The number of aryl methyl sites for hydroxylation is 1. The van der Waals surface area contributed by atoms with Gasteiger partial charge < -0.3 is 15.0 Å². The fourth-order valence-electron chi connectivity index (χ4n) is 2.13. The number of esters is 1. The highest BCUT2D eigenvalue weighted by Crippen LogP contribution is 2.22. The first kappa shape index (κ1) is 20.0. The number of ether oxygens (including phenoxy) is 1. The van der Waals surface area contributed by atoms with Gasteiger partial charge in [0.05, 0.1) is 12.4 Å². The first-order chi connectivity index (χ1) is 12.4. The summed E-state index contributed by atoms with van der Waals surface area (Å²) in [5.41, 5.74) is 0.720. The highest BCUT2D eigenvalue weighted by Gasteiger charge is 2.20. The average Bonchev–Trinajstić information content (AvgIpc) is 2.58. The van der Waals surface area contributed by atoms with Crippen molar-refractivity contribution < 1.29 is 14.3 Å². The maximum Gasteiger partial charge on any atom is 0.346 e. The molecule has 0 spiro atoms. The Hall–Kier alpha value is -2.32. The van der Waals surface area contributed by atoms with Crippen LogP contribution < -0.4 is 11.0 Å². The van der Waals surface area contributed by atoms with E-state index >= 15 is 0 Å². The Morgan fingerprint density at radius 2 is 2.08 bits per heavy atom. The van der Waals surface area contributed by atoms with Crippen molar-refractivity contribution >= 4 is 35.2 Å². The van der Waals surface area contributed by atoms with E-state index in [1.807, 2.05) is 12.1 Å². The lowest BCUT2D eigenvalue weighted by Crippen LogP contribution is -2.25. The van der Waals surface area contributed by atoms with Crippen molar-refractivity contribution in [2.24, 2.45) is 0 Å². The van der Waals surface area contributed by atoms with E-state index in [2.05, 4.69) is 15.3 Å². The lowest BCUT2D eigenvalue weighted by Gasteiger charge is -2.10. The summed E-state index contributed by atoms with van der Waals surface area (Å²) in [4.78, 5) is 42.0. The van der Waals surface area contributed by atoms with Gasteiger partial charge in [-0.2, -0.15) is 4.98 Å². The number of amides is 1. The molecule has 2 rings (SSSR count). The van der Waals surface area contributed by atoms with Crippen molar-refractivity contribution in [3.63, 3.8) is 0 Å². The first-order valence-electron chi connectivity index (χ1n) is 7.83. The van der Waals surface area contributed by atoms with Crippen LogP contribution in [-0.4, -0.2) is 34.2 Å². The lowest BCUT2D eigenvalue weighted by molar-refractivity contribution is -0.118. The van der Waals surface area contributed by atoms with Gasteiger partial charge in [-0.3, -0.25) is 4.79 Å². The van der Waals surface area contributed by atoms with E-state index in [-0.39, 0.29) is 35.4 Å². The normalized spacial score (nSPS) is 10.4. The molecule has 0 radical (unpaired) electrons. The summed E-state index contributed by atoms with van der Waals surface area (Å²) in [5, 5.41) is 3.47. The lowest BCUT2D eigenvalue weighted by atomic mass is 10.2. The van der Waals surface area contributed by atoms with Gasteiger partial charge in [0.2, 0.25) is 5.91 Å². The zero-order chi connectivity index (χ0) is 19.1. The summed E-state index contributed by atoms with van der Waals surface area (Å²) in [6.45, 7) is 3.74. The Balaban J connectivity index is 2.04. The van der Waals surface area contributed by atoms with Crippen molar-refractivity contribution in [2.45, 2.75) is 25.4 Å². The number of thioether (sulfide) groups is 1. The molecule has 0 unspecified atom stereocenters. The summed E-state index contributed by atoms with van der Waals surface area (Å²) >= 11 is 7.04. The van der Waals surface area contributed by atoms with Crippen molar-refractivity contribution in [1.82, 2.24) is 15.3 Å². The van der Waals surface area contributed by atoms with Crippen LogP contribution in [0.2, 0.25) is 5.02 Å². The third-order valence-corrected chi connectivity index (χ3v) is 4.68. The molecule has 0 bridgehead atoms. The number of hydrogen-bond donors (Lipinski definition) is 2. The summed E-state index contributed by atoms with van der Waals surface area (Å²) in [7, 11) is 0. The van der Waals surface area contributed by atoms with Gasteiger partial charge in [-0.25, -0.2) is 9.59 Å². The largest absolute Gasteiger partial charge is 0.462 e. The molecule has 2 N–H and O–H groups in total. The summed E-state index contributed by atoms with van der Waals surface area (Å²) in [6, 6.07) is 7.20. The standard InChI is InChI=1S/C17H18ClN3O4S/c1-3-25-16(23)14-10(2)20-17(24)21-15(14)26-9-13(22)19-8-11-6-4-5-7-12(11)18/h4-7H,3,8-9H2,1-2H3,(H,19,22)(H,20,21,24). The quantitative estimate of drug-likeness (QED) is 0.424. The Labute approximate surface area is 159 Å². The van der Waals surface area contributed by atoms with Crippen LogP contribution in [0, 0.1) is 6.92 Å². The second-order valence-corrected chi connectivity index (χ2v) is 6.60. The minimum Gasteiger partial charge on any atom is -0.462 e. The number of aromatic amines is 1. The number of halogens is 1. The average molecular weight is 396 g/mol.